The lowest BCUT2D eigenvalue weighted by Gasteiger charge is -2.27. The number of carbonyl (C=O) groups is 2. The maximum absolute atomic E-state index is 12.4. The Balaban J connectivity index is 1.46. The Hall–Kier alpha value is -3.54. The van der Waals surface area contributed by atoms with E-state index < -0.39 is 5.97 Å². The van der Waals surface area contributed by atoms with Crippen LogP contribution in [0.25, 0.3) is 6.08 Å². The van der Waals surface area contributed by atoms with Crippen molar-refractivity contribution in [3.63, 3.8) is 0 Å². The van der Waals surface area contributed by atoms with Crippen LogP contribution in [0.5, 0.6) is 0 Å². The molecule has 168 valence electrons. The van der Waals surface area contributed by atoms with Crippen LogP contribution in [0.4, 0.5) is 11.4 Å². The highest BCUT2D eigenvalue weighted by atomic mass is 16.5. The number of carbonyl (C=O) groups excluding carboxylic acids is 2. The summed E-state index contributed by atoms with van der Waals surface area (Å²) in [5, 5.41) is 0. The van der Waals surface area contributed by atoms with Gasteiger partial charge in [0.1, 0.15) is 12.7 Å². The van der Waals surface area contributed by atoms with E-state index in [0.717, 1.165) is 37.7 Å². The standard InChI is InChI=1S/C26H30N2O4/c1-2-3-18-6-13-23(14-7-18)32-26(30)20-9-4-19(5-10-20)8-15-25(29)31-17-21-11-12-22(27)16-24(21)28/h2,4-5,8-12,15-16,18,23H,1,3,6-7,13-14,17,27-28H2. The van der Waals surface area contributed by atoms with Crippen molar-refractivity contribution in [2.24, 2.45) is 5.92 Å². The van der Waals surface area contributed by atoms with Gasteiger partial charge in [0.25, 0.3) is 0 Å². The Kier molecular flexibility index (Phi) is 8.08. The molecule has 0 spiro atoms. The Morgan fingerprint density at radius 1 is 1.03 bits per heavy atom. The molecule has 0 saturated heterocycles. The SMILES string of the molecule is C=CCC1CCC(OC(=O)c2ccc(C=CC(=O)OCc3ccc(N)cc3N)cc2)CC1. The number of hydrogen-bond acceptors (Lipinski definition) is 6. The molecule has 1 fully saturated rings. The molecule has 0 radical (unpaired) electrons. The van der Waals surface area contributed by atoms with E-state index >= 15 is 0 Å². The van der Waals surface area contributed by atoms with E-state index in [9.17, 15) is 9.59 Å². The molecule has 0 amide bonds. The summed E-state index contributed by atoms with van der Waals surface area (Å²) in [5.41, 5.74) is 14.5. The van der Waals surface area contributed by atoms with E-state index in [2.05, 4.69) is 6.58 Å². The van der Waals surface area contributed by atoms with Gasteiger partial charge in [0.2, 0.25) is 0 Å². The van der Waals surface area contributed by atoms with Crippen LogP contribution in [0.1, 0.15) is 53.6 Å². The monoisotopic (exact) mass is 434 g/mol. The Bertz CT molecular complexity index is 974. The van der Waals surface area contributed by atoms with Gasteiger partial charge in [-0.2, -0.15) is 0 Å². The summed E-state index contributed by atoms with van der Waals surface area (Å²) in [6.45, 7) is 3.86. The Labute approximate surface area is 188 Å². The fourth-order valence-corrected chi connectivity index (χ4v) is 3.78. The van der Waals surface area contributed by atoms with Gasteiger partial charge >= 0.3 is 11.9 Å². The highest BCUT2D eigenvalue weighted by Gasteiger charge is 2.23. The van der Waals surface area contributed by atoms with Gasteiger partial charge in [0, 0.05) is 23.0 Å². The lowest BCUT2D eigenvalue weighted by Crippen LogP contribution is -2.24. The number of allylic oxidation sites excluding steroid dienone is 1. The molecule has 0 heterocycles. The number of nitrogen functional groups attached to an aromatic ring is 2. The molecule has 6 heteroatoms. The first-order chi connectivity index (χ1) is 15.4. The second kappa shape index (κ2) is 11.2. The van der Waals surface area contributed by atoms with E-state index in [-0.39, 0.29) is 18.7 Å². The third-order valence-electron chi connectivity index (χ3n) is 5.67. The number of ether oxygens (including phenoxy) is 2. The van der Waals surface area contributed by atoms with Gasteiger partial charge in [-0.15, -0.1) is 6.58 Å². The van der Waals surface area contributed by atoms with Gasteiger partial charge in [-0.05, 0) is 73.9 Å². The van der Waals surface area contributed by atoms with Crippen molar-refractivity contribution < 1.29 is 19.1 Å². The molecule has 6 nitrogen and oxygen atoms in total. The van der Waals surface area contributed by atoms with E-state index in [1.165, 1.54) is 6.08 Å². The minimum absolute atomic E-state index is 0.0204. The van der Waals surface area contributed by atoms with Crippen molar-refractivity contribution in [2.45, 2.75) is 44.8 Å². The largest absolute Gasteiger partial charge is 0.459 e. The van der Waals surface area contributed by atoms with Crippen molar-refractivity contribution in [3.05, 3.63) is 77.9 Å². The molecule has 1 aliphatic rings. The van der Waals surface area contributed by atoms with Crippen molar-refractivity contribution in [1.82, 2.24) is 0 Å². The minimum Gasteiger partial charge on any atom is -0.459 e. The van der Waals surface area contributed by atoms with E-state index in [1.54, 1.807) is 48.5 Å². The van der Waals surface area contributed by atoms with Crippen molar-refractivity contribution >= 4 is 29.4 Å². The highest BCUT2D eigenvalue weighted by Crippen LogP contribution is 2.29. The summed E-state index contributed by atoms with van der Waals surface area (Å²) in [6.07, 6.45) is 9.86. The zero-order valence-corrected chi connectivity index (χ0v) is 18.2. The van der Waals surface area contributed by atoms with Gasteiger partial charge in [-0.3, -0.25) is 0 Å². The zero-order chi connectivity index (χ0) is 22.9. The van der Waals surface area contributed by atoms with Gasteiger partial charge in [-0.1, -0.05) is 24.3 Å². The fourth-order valence-electron chi connectivity index (χ4n) is 3.78. The molecule has 1 saturated carbocycles. The average molecular weight is 435 g/mol. The summed E-state index contributed by atoms with van der Waals surface area (Å²) >= 11 is 0. The smallest absolute Gasteiger partial charge is 0.338 e. The van der Waals surface area contributed by atoms with Gasteiger partial charge < -0.3 is 20.9 Å². The van der Waals surface area contributed by atoms with E-state index in [1.807, 2.05) is 6.08 Å². The normalized spacial score (nSPS) is 18.2. The number of hydrogen-bond donors (Lipinski definition) is 2. The van der Waals surface area contributed by atoms with Crippen molar-refractivity contribution in [1.29, 1.82) is 0 Å². The summed E-state index contributed by atoms with van der Waals surface area (Å²) in [5.74, 6) is -0.144. The molecule has 0 bridgehead atoms. The molecule has 0 aromatic heterocycles. The molecule has 0 atom stereocenters. The molecular weight excluding hydrogens is 404 g/mol. The fraction of sp³-hybridized carbons (Fsp3) is 0.308. The number of nitrogens with two attached hydrogens (primary N) is 2. The predicted octanol–water partition coefficient (Wildman–Crippen LogP) is 4.90. The van der Waals surface area contributed by atoms with Crippen LogP contribution in [-0.2, 0) is 20.9 Å². The van der Waals surface area contributed by atoms with Gasteiger partial charge in [0.15, 0.2) is 0 Å². The second-order valence-electron chi connectivity index (χ2n) is 8.09. The maximum Gasteiger partial charge on any atom is 0.338 e. The van der Waals surface area contributed by atoms with Crippen molar-refractivity contribution in [2.75, 3.05) is 11.5 Å². The third-order valence-corrected chi connectivity index (χ3v) is 5.67. The van der Waals surface area contributed by atoms with Gasteiger partial charge in [-0.25, -0.2) is 9.59 Å². The molecule has 1 aliphatic carbocycles. The molecule has 2 aromatic rings. The molecule has 0 unspecified atom stereocenters. The lowest BCUT2D eigenvalue weighted by molar-refractivity contribution is -0.138. The average Bonchev–Trinajstić information content (AvgIpc) is 2.79. The molecule has 4 N–H and O–H groups in total. The Morgan fingerprint density at radius 3 is 2.41 bits per heavy atom. The van der Waals surface area contributed by atoms with Crippen LogP contribution in [-0.4, -0.2) is 18.0 Å². The second-order valence-corrected chi connectivity index (χ2v) is 8.09. The molecule has 0 aliphatic heterocycles. The number of benzene rings is 2. The lowest BCUT2D eigenvalue weighted by atomic mass is 9.85. The minimum atomic E-state index is -0.489. The summed E-state index contributed by atoms with van der Waals surface area (Å²) in [4.78, 5) is 24.4. The molecular formula is C26H30N2O4. The molecule has 2 aromatic carbocycles. The van der Waals surface area contributed by atoms with Crippen LogP contribution in [0.3, 0.4) is 0 Å². The van der Waals surface area contributed by atoms with Crippen LogP contribution in [0.2, 0.25) is 0 Å². The quantitative estimate of drug-likeness (QED) is 0.265. The summed E-state index contributed by atoms with van der Waals surface area (Å²) in [7, 11) is 0. The number of anilines is 2. The molecule has 32 heavy (non-hydrogen) atoms. The number of rotatable bonds is 8. The first kappa shape index (κ1) is 23.1. The first-order valence-corrected chi connectivity index (χ1v) is 10.8. The summed E-state index contributed by atoms with van der Waals surface area (Å²) in [6, 6.07) is 12.0. The predicted molar refractivity (Wildman–Crippen MR) is 127 cm³/mol. The summed E-state index contributed by atoms with van der Waals surface area (Å²) < 4.78 is 10.9. The number of esters is 2. The van der Waals surface area contributed by atoms with Crippen LogP contribution in [0.15, 0.2) is 61.2 Å². The van der Waals surface area contributed by atoms with Crippen molar-refractivity contribution in [3.8, 4) is 0 Å². The van der Waals surface area contributed by atoms with Crippen LogP contribution < -0.4 is 11.5 Å². The molecule has 3 rings (SSSR count). The third kappa shape index (κ3) is 6.74. The van der Waals surface area contributed by atoms with Crippen LogP contribution in [0, 0.1) is 5.92 Å². The Morgan fingerprint density at radius 2 is 1.75 bits per heavy atom. The highest BCUT2D eigenvalue weighted by molar-refractivity contribution is 5.90. The first-order valence-electron chi connectivity index (χ1n) is 10.8. The van der Waals surface area contributed by atoms with E-state index in [0.29, 0.717) is 28.4 Å². The van der Waals surface area contributed by atoms with Crippen LogP contribution >= 0.6 is 0 Å². The zero-order valence-electron chi connectivity index (χ0n) is 18.2. The maximum atomic E-state index is 12.4. The van der Waals surface area contributed by atoms with Gasteiger partial charge in [0.05, 0.1) is 5.56 Å². The van der Waals surface area contributed by atoms with E-state index in [4.69, 9.17) is 20.9 Å². The topological polar surface area (TPSA) is 105 Å².